The Balaban J connectivity index is 2.09. The minimum atomic E-state index is -0.104. The van der Waals surface area contributed by atoms with Gasteiger partial charge >= 0.3 is 0 Å². The highest BCUT2D eigenvalue weighted by molar-refractivity contribution is 5.47. The molecule has 0 heterocycles. The molecule has 2 rings (SSSR count). The number of nitrogens with one attached hydrogen (secondary N) is 1. The van der Waals surface area contributed by atoms with E-state index >= 15 is 0 Å². The molecule has 100 valence electrons. The van der Waals surface area contributed by atoms with Crippen molar-refractivity contribution < 1.29 is 0 Å². The predicted octanol–water partition coefficient (Wildman–Crippen LogP) is 4.29. The summed E-state index contributed by atoms with van der Waals surface area (Å²) in [5.74, 6) is 0.986. The van der Waals surface area contributed by atoms with Crippen LogP contribution in [0.25, 0.3) is 0 Å². The van der Waals surface area contributed by atoms with Crippen molar-refractivity contribution in [1.82, 2.24) is 0 Å². The second kappa shape index (κ2) is 5.93. The summed E-state index contributed by atoms with van der Waals surface area (Å²) in [6.07, 6.45) is 4.45. The zero-order valence-corrected chi connectivity index (χ0v) is 12.0. The third-order valence-electron chi connectivity index (χ3n) is 3.78. The zero-order valence-electron chi connectivity index (χ0n) is 12.0. The smallest absolute Gasteiger partial charge is 0.117 e. The zero-order chi connectivity index (χ0) is 13.8. The molecule has 1 aliphatic rings. The van der Waals surface area contributed by atoms with E-state index in [-0.39, 0.29) is 6.04 Å². The van der Waals surface area contributed by atoms with Crippen LogP contribution in [-0.2, 0) is 0 Å². The lowest BCUT2D eigenvalue weighted by atomic mass is 9.80. The summed E-state index contributed by atoms with van der Waals surface area (Å²) in [6, 6.07) is 10.6. The van der Waals surface area contributed by atoms with E-state index in [1.807, 2.05) is 12.1 Å². The van der Waals surface area contributed by atoms with Crippen LogP contribution in [0.2, 0.25) is 0 Å². The Morgan fingerprint density at radius 2 is 2.16 bits per heavy atom. The van der Waals surface area contributed by atoms with Gasteiger partial charge in [-0.05, 0) is 56.2 Å². The Morgan fingerprint density at radius 1 is 1.37 bits per heavy atom. The Morgan fingerprint density at radius 3 is 2.79 bits per heavy atom. The lowest BCUT2D eigenvalue weighted by Gasteiger charge is -2.29. The molecule has 2 heteroatoms. The fraction of sp³-hybridized carbons (Fsp3) is 0.471. The number of hydrogen-bond acceptors (Lipinski definition) is 2. The van der Waals surface area contributed by atoms with Gasteiger partial charge in [-0.2, -0.15) is 5.26 Å². The van der Waals surface area contributed by atoms with Crippen molar-refractivity contribution in [3.8, 4) is 6.07 Å². The van der Waals surface area contributed by atoms with Gasteiger partial charge in [-0.3, -0.25) is 0 Å². The van der Waals surface area contributed by atoms with Gasteiger partial charge in [-0.1, -0.05) is 30.7 Å². The molecule has 19 heavy (non-hydrogen) atoms. The highest BCUT2D eigenvalue weighted by Gasteiger charge is 2.26. The maximum atomic E-state index is 9.45. The Labute approximate surface area is 116 Å². The van der Waals surface area contributed by atoms with Crippen molar-refractivity contribution in [1.29, 1.82) is 5.26 Å². The molecule has 0 bridgehead atoms. The average molecular weight is 254 g/mol. The quantitative estimate of drug-likeness (QED) is 0.817. The molecule has 1 aromatic rings. The first-order valence-corrected chi connectivity index (χ1v) is 6.98. The summed E-state index contributed by atoms with van der Waals surface area (Å²) < 4.78 is 0. The van der Waals surface area contributed by atoms with E-state index in [0.717, 1.165) is 18.5 Å². The predicted molar refractivity (Wildman–Crippen MR) is 79.8 cm³/mol. The Kier molecular flexibility index (Phi) is 4.27. The molecule has 0 fully saturated rings. The molecule has 0 aliphatic heterocycles. The van der Waals surface area contributed by atoms with E-state index < -0.39 is 0 Å². The molecule has 0 saturated carbocycles. The van der Waals surface area contributed by atoms with Gasteiger partial charge in [-0.25, -0.2) is 0 Å². The Bertz CT molecular complexity index is 510. The Hall–Kier alpha value is -1.75. The summed E-state index contributed by atoms with van der Waals surface area (Å²) in [5.41, 5.74) is 3.68. The van der Waals surface area contributed by atoms with Gasteiger partial charge in [0.25, 0.3) is 0 Å². The van der Waals surface area contributed by atoms with Gasteiger partial charge in [0, 0.05) is 5.69 Å². The molecule has 1 aliphatic carbocycles. The minimum Gasteiger partial charge on any atom is -0.370 e. The molecule has 0 radical (unpaired) electrons. The van der Waals surface area contributed by atoms with Crippen LogP contribution in [0.15, 0.2) is 35.9 Å². The van der Waals surface area contributed by atoms with Crippen LogP contribution >= 0.6 is 0 Å². The lowest BCUT2D eigenvalue weighted by Crippen LogP contribution is -2.30. The highest BCUT2D eigenvalue weighted by Crippen LogP contribution is 2.31. The van der Waals surface area contributed by atoms with Gasteiger partial charge in [0.05, 0.1) is 6.07 Å². The molecular formula is C17H22N2. The fourth-order valence-electron chi connectivity index (χ4n) is 3.02. The number of nitrogens with zero attached hydrogens (tertiary/aromatic N) is 1. The molecule has 0 saturated heterocycles. The lowest BCUT2D eigenvalue weighted by molar-refractivity contribution is 0.388. The maximum Gasteiger partial charge on any atom is 0.117 e. The van der Waals surface area contributed by atoms with Gasteiger partial charge in [0.2, 0.25) is 0 Å². The molecule has 1 N–H and O–H groups in total. The van der Waals surface area contributed by atoms with Crippen LogP contribution in [0.4, 0.5) is 5.69 Å². The maximum absolute atomic E-state index is 9.45. The van der Waals surface area contributed by atoms with Crippen molar-refractivity contribution >= 4 is 5.69 Å². The number of rotatable bonds is 3. The van der Waals surface area contributed by atoms with Crippen molar-refractivity contribution in [3.05, 3.63) is 41.5 Å². The van der Waals surface area contributed by atoms with E-state index in [2.05, 4.69) is 50.4 Å². The molecule has 1 aromatic carbocycles. The number of aryl methyl sites for hydroxylation is 1. The van der Waals surface area contributed by atoms with Gasteiger partial charge in [0.1, 0.15) is 6.04 Å². The molecule has 2 nitrogen and oxygen atoms in total. The molecule has 3 atom stereocenters. The number of benzene rings is 1. The summed E-state index contributed by atoms with van der Waals surface area (Å²) in [4.78, 5) is 0. The van der Waals surface area contributed by atoms with Crippen LogP contribution in [0.3, 0.4) is 0 Å². The summed E-state index contributed by atoms with van der Waals surface area (Å²) in [6.45, 7) is 6.47. The molecule has 0 spiro atoms. The SMILES string of the molecule is CC1=CC(C)CC(C(C#N)Nc2cccc(C)c2)C1. The van der Waals surface area contributed by atoms with E-state index in [4.69, 9.17) is 0 Å². The van der Waals surface area contributed by atoms with Gasteiger partial charge in [0.15, 0.2) is 0 Å². The van der Waals surface area contributed by atoms with Crippen LogP contribution in [0.5, 0.6) is 0 Å². The molecule has 0 amide bonds. The third kappa shape index (κ3) is 3.61. The molecular weight excluding hydrogens is 232 g/mol. The normalized spacial score (nSPS) is 24.2. The van der Waals surface area contributed by atoms with Crippen LogP contribution < -0.4 is 5.32 Å². The summed E-state index contributed by atoms with van der Waals surface area (Å²) in [7, 11) is 0. The van der Waals surface area contributed by atoms with Crippen molar-refractivity contribution in [3.63, 3.8) is 0 Å². The number of anilines is 1. The summed E-state index contributed by atoms with van der Waals surface area (Å²) in [5, 5.41) is 12.8. The van der Waals surface area contributed by atoms with Crippen molar-refractivity contribution in [2.45, 2.75) is 39.7 Å². The second-order valence-corrected chi connectivity index (χ2v) is 5.81. The van der Waals surface area contributed by atoms with E-state index in [0.29, 0.717) is 11.8 Å². The second-order valence-electron chi connectivity index (χ2n) is 5.81. The van der Waals surface area contributed by atoms with Crippen LogP contribution in [0.1, 0.15) is 32.3 Å². The largest absolute Gasteiger partial charge is 0.370 e. The summed E-state index contributed by atoms with van der Waals surface area (Å²) >= 11 is 0. The van der Waals surface area contributed by atoms with E-state index in [9.17, 15) is 5.26 Å². The van der Waals surface area contributed by atoms with E-state index in [1.165, 1.54) is 11.1 Å². The first kappa shape index (κ1) is 13.7. The number of allylic oxidation sites excluding steroid dienone is 2. The molecule has 3 unspecified atom stereocenters. The van der Waals surface area contributed by atoms with Crippen LogP contribution in [-0.4, -0.2) is 6.04 Å². The van der Waals surface area contributed by atoms with Crippen molar-refractivity contribution in [2.75, 3.05) is 5.32 Å². The first-order valence-electron chi connectivity index (χ1n) is 6.98. The highest BCUT2D eigenvalue weighted by atomic mass is 14.9. The fourth-order valence-corrected chi connectivity index (χ4v) is 3.02. The standard InChI is InChI=1S/C17H22N2/c1-12-5-4-6-16(10-12)19-17(11-18)15-8-13(2)7-14(3)9-15/h4-7,10,13,15,17,19H,8-9H2,1-3H3. The average Bonchev–Trinajstić information content (AvgIpc) is 2.34. The van der Waals surface area contributed by atoms with Crippen LogP contribution in [0, 0.1) is 30.1 Å². The molecule has 0 aromatic heterocycles. The third-order valence-corrected chi connectivity index (χ3v) is 3.78. The van der Waals surface area contributed by atoms with Crippen molar-refractivity contribution in [2.24, 2.45) is 11.8 Å². The minimum absolute atomic E-state index is 0.104. The monoisotopic (exact) mass is 254 g/mol. The number of hydrogen-bond donors (Lipinski definition) is 1. The van der Waals surface area contributed by atoms with Gasteiger partial charge in [-0.15, -0.1) is 0 Å². The topological polar surface area (TPSA) is 35.8 Å². The van der Waals surface area contributed by atoms with E-state index in [1.54, 1.807) is 0 Å². The first-order chi connectivity index (χ1) is 9.08. The number of nitriles is 1. The van der Waals surface area contributed by atoms with Gasteiger partial charge < -0.3 is 5.32 Å².